The number of carbonyl (C=O) groups excluding carboxylic acids is 1. The van der Waals surface area contributed by atoms with Gasteiger partial charge >= 0.3 is 0 Å². The van der Waals surface area contributed by atoms with E-state index in [1.807, 2.05) is 13.0 Å². The summed E-state index contributed by atoms with van der Waals surface area (Å²) in [7, 11) is 0. The van der Waals surface area contributed by atoms with E-state index in [9.17, 15) is 4.79 Å². The van der Waals surface area contributed by atoms with Gasteiger partial charge in [0.2, 0.25) is 0 Å². The molecule has 0 radical (unpaired) electrons. The van der Waals surface area contributed by atoms with E-state index in [0.717, 1.165) is 5.57 Å². The summed E-state index contributed by atoms with van der Waals surface area (Å²) in [6, 6.07) is 0. The van der Waals surface area contributed by atoms with Gasteiger partial charge in [0.05, 0.1) is 5.92 Å². The van der Waals surface area contributed by atoms with Crippen molar-refractivity contribution in [2.45, 2.75) is 6.92 Å². The maximum absolute atomic E-state index is 10.9. The molecule has 0 aromatic carbocycles. The molecule has 10 heavy (non-hydrogen) atoms. The number of amides is 1. The Balaban J connectivity index is 2.81. The highest BCUT2D eigenvalue weighted by Gasteiger charge is 2.18. The van der Waals surface area contributed by atoms with E-state index in [1.165, 1.54) is 6.21 Å². The highest BCUT2D eigenvalue weighted by Crippen LogP contribution is 2.12. The number of hydrogen-bond acceptors (Lipinski definition) is 2. The highest BCUT2D eigenvalue weighted by molar-refractivity contribution is 5.95. The van der Waals surface area contributed by atoms with Gasteiger partial charge < -0.3 is 5.73 Å². The number of hydrogen-bond donors (Lipinski definition) is 1. The Morgan fingerprint density at radius 1 is 1.80 bits per heavy atom. The summed E-state index contributed by atoms with van der Waals surface area (Å²) < 4.78 is 0. The van der Waals surface area contributed by atoms with Crippen LogP contribution in [0.5, 0.6) is 0 Å². The Hall–Kier alpha value is -0.960. The van der Waals surface area contributed by atoms with E-state index in [0.29, 0.717) is 6.54 Å². The molecule has 1 heterocycles. The monoisotopic (exact) mass is 138 g/mol. The van der Waals surface area contributed by atoms with Crippen molar-refractivity contribution in [2.75, 3.05) is 6.54 Å². The van der Waals surface area contributed by atoms with Gasteiger partial charge in [0.15, 0.2) is 0 Å². The molecule has 1 atom stereocenters. The second-order valence-electron chi connectivity index (χ2n) is 2.32. The van der Waals surface area contributed by atoms with Gasteiger partial charge in [0.1, 0.15) is 0 Å². The average molecular weight is 138 g/mol. The van der Waals surface area contributed by atoms with Crippen LogP contribution in [0.4, 0.5) is 0 Å². The molecule has 3 heteroatoms. The van der Waals surface area contributed by atoms with Crippen LogP contribution in [0.3, 0.4) is 0 Å². The quantitative estimate of drug-likeness (QED) is 0.559. The molecule has 54 valence electrons. The molecule has 0 bridgehead atoms. The van der Waals surface area contributed by atoms with Crippen LogP contribution in [0, 0.1) is 5.92 Å². The Kier molecular flexibility index (Phi) is 1.97. The van der Waals surface area contributed by atoms with E-state index < -0.39 is 0 Å². The Labute approximate surface area is 59.6 Å². The largest absolute Gasteiger partial charge is 0.329 e. The maximum atomic E-state index is 10.9. The number of dihydropyridines is 1. The van der Waals surface area contributed by atoms with E-state index in [4.69, 9.17) is 5.73 Å². The molecule has 1 rings (SSSR count). The first kappa shape index (κ1) is 7.15. The zero-order chi connectivity index (χ0) is 7.56. The molecule has 0 aliphatic carbocycles. The summed E-state index contributed by atoms with van der Waals surface area (Å²) in [6.07, 6.45) is 3.34. The minimum Gasteiger partial charge on any atom is -0.329 e. The molecule has 1 aliphatic heterocycles. The Morgan fingerprint density at radius 3 is 2.90 bits per heavy atom. The second-order valence-corrected chi connectivity index (χ2v) is 2.32. The van der Waals surface area contributed by atoms with Crippen molar-refractivity contribution in [3.05, 3.63) is 11.6 Å². The highest BCUT2D eigenvalue weighted by atomic mass is 16.1. The third-order valence-electron chi connectivity index (χ3n) is 1.62. The lowest BCUT2D eigenvalue weighted by Crippen LogP contribution is -2.25. The van der Waals surface area contributed by atoms with Crippen molar-refractivity contribution in [2.24, 2.45) is 16.6 Å². The van der Waals surface area contributed by atoms with Crippen molar-refractivity contribution >= 4 is 12.1 Å². The topological polar surface area (TPSA) is 55.5 Å². The number of allylic oxidation sites excluding steroid dienone is 1. The van der Waals surface area contributed by atoms with Crippen LogP contribution < -0.4 is 5.73 Å². The van der Waals surface area contributed by atoms with Crippen molar-refractivity contribution in [1.82, 2.24) is 0 Å². The maximum Gasteiger partial charge on any atom is 0.254 e. The second kappa shape index (κ2) is 2.75. The summed E-state index contributed by atoms with van der Waals surface area (Å²) in [6.45, 7) is 2.25. The molecule has 1 unspecified atom stereocenters. The lowest BCUT2D eigenvalue weighted by Gasteiger charge is -2.12. The first-order chi connectivity index (χ1) is 4.75. The summed E-state index contributed by atoms with van der Waals surface area (Å²) in [4.78, 5) is 14.5. The van der Waals surface area contributed by atoms with Gasteiger partial charge in [-0.05, 0) is 13.0 Å². The third kappa shape index (κ3) is 1.14. The Morgan fingerprint density at radius 2 is 2.50 bits per heavy atom. The van der Waals surface area contributed by atoms with E-state index >= 15 is 0 Å². The Bertz CT molecular complexity index is 206. The number of carbonyl (C=O) groups is 1. The average Bonchev–Trinajstić information content (AvgIpc) is 1.88. The van der Waals surface area contributed by atoms with Gasteiger partial charge in [-0.2, -0.15) is 0 Å². The van der Waals surface area contributed by atoms with Crippen molar-refractivity contribution in [3.63, 3.8) is 0 Å². The lowest BCUT2D eigenvalue weighted by molar-refractivity contribution is -0.120. The standard InChI is InChI=1S/C7H10N2O/c1-5-2-3-9-7(10)6(5)4-8/h2-3,6H,4,8H2,1H3. The molecular weight excluding hydrogens is 128 g/mol. The minimum atomic E-state index is -0.176. The molecule has 3 nitrogen and oxygen atoms in total. The first-order valence-electron chi connectivity index (χ1n) is 3.20. The summed E-state index contributed by atoms with van der Waals surface area (Å²) in [5, 5.41) is 0. The lowest BCUT2D eigenvalue weighted by atomic mass is 9.98. The van der Waals surface area contributed by atoms with Gasteiger partial charge in [0.25, 0.3) is 5.91 Å². The van der Waals surface area contributed by atoms with Gasteiger partial charge in [-0.3, -0.25) is 4.79 Å². The molecule has 0 saturated heterocycles. The predicted octanol–water partition coefficient (Wildman–Crippen LogP) is 0.119. The molecule has 0 aromatic rings. The van der Waals surface area contributed by atoms with E-state index in [-0.39, 0.29) is 11.8 Å². The van der Waals surface area contributed by atoms with Crippen molar-refractivity contribution < 1.29 is 4.79 Å². The van der Waals surface area contributed by atoms with Crippen molar-refractivity contribution in [3.8, 4) is 0 Å². The SMILES string of the molecule is CC1=CC=NC(=O)C1CN. The summed E-state index contributed by atoms with van der Waals surface area (Å²) >= 11 is 0. The zero-order valence-corrected chi connectivity index (χ0v) is 5.87. The van der Waals surface area contributed by atoms with Gasteiger partial charge in [-0.25, -0.2) is 4.99 Å². The van der Waals surface area contributed by atoms with Crippen molar-refractivity contribution in [1.29, 1.82) is 0 Å². The van der Waals surface area contributed by atoms with Crippen LogP contribution in [0.1, 0.15) is 6.92 Å². The first-order valence-corrected chi connectivity index (χ1v) is 3.20. The smallest absolute Gasteiger partial charge is 0.254 e. The third-order valence-corrected chi connectivity index (χ3v) is 1.62. The molecule has 0 saturated carbocycles. The molecule has 0 fully saturated rings. The molecule has 1 amide bonds. The van der Waals surface area contributed by atoms with Gasteiger partial charge in [-0.1, -0.05) is 5.57 Å². The fourth-order valence-corrected chi connectivity index (χ4v) is 0.916. The molecule has 0 spiro atoms. The number of rotatable bonds is 1. The van der Waals surface area contributed by atoms with Crippen LogP contribution >= 0.6 is 0 Å². The van der Waals surface area contributed by atoms with Gasteiger partial charge in [-0.15, -0.1) is 0 Å². The van der Waals surface area contributed by atoms with E-state index in [2.05, 4.69) is 4.99 Å². The zero-order valence-electron chi connectivity index (χ0n) is 5.87. The van der Waals surface area contributed by atoms with Crippen LogP contribution in [-0.4, -0.2) is 18.7 Å². The minimum absolute atomic E-state index is 0.123. The molecular formula is C7H10N2O. The predicted molar refractivity (Wildman–Crippen MR) is 39.8 cm³/mol. The number of nitrogens with zero attached hydrogens (tertiary/aromatic N) is 1. The molecule has 1 aliphatic rings. The fourth-order valence-electron chi connectivity index (χ4n) is 0.916. The van der Waals surface area contributed by atoms with E-state index in [1.54, 1.807) is 0 Å². The van der Waals surface area contributed by atoms with Crippen LogP contribution in [0.25, 0.3) is 0 Å². The van der Waals surface area contributed by atoms with Crippen LogP contribution in [0.15, 0.2) is 16.6 Å². The summed E-state index contributed by atoms with van der Waals surface area (Å²) in [5.74, 6) is -0.299. The summed E-state index contributed by atoms with van der Waals surface area (Å²) in [5.41, 5.74) is 6.35. The molecule has 0 aromatic heterocycles. The van der Waals surface area contributed by atoms with Gasteiger partial charge in [0, 0.05) is 12.8 Å². The van der Waals surface area contributed by atoms with Crippen LogP contribution in [-0.2, 0) is 4.79 Å². The molecule has 2 N–H and O–H groups in total. The normalized spacial score (nSPS) is 24.8. The fraction of sp³-hybridized carbons (Fsp3) is 0.429. The van der Waals surface area contributed by atoms with Crippen LogP contribution in [0.2, 0.25) is 0 Å². The number of aliphatic imine (C=N–C) groups is 1. The number of nitrogens with two attached hydrogens (primary N) is 1.